The van der Waals surface area contributed by atoms with Gasteiger partial charge in [-0.2, -0.15) is 0 Å². The molecule has 10 heteroatoms. The zero-order chi connectivity index (χ0) is 23.8. The van der Waals surface area contributed by atoms with Crippen LogP contribution in [0.15, 0.2) is 48.7 Å². The summed E-state index contributed by atoms with van der Waals surface area (Å²) in [4.78, 5) is 38.1. The van der Waals surface area contributed by atoms with Crippen molar-refractivity contribution in [3.05, 3.63) is 71.0 Å². The molecule has 0 saturated carbocycles. The summed E-state index contributed by atoms with van der Waals surface area (Å²) in [7, 11) is 0. The van der Waals surface area contributed by atoms with E-state index in [1.807, 2.05) is 13.0 Å². The van der Waals surface area contributed by atoms with Crippen LogP contribution in [0, 0.1) is 0 Å². The number of aliphatic hydroxyl groups excluding tert-OH is 1. The molecule has 2 N–H and O–H groups in total. The molecule has 3 amide bonds. The molecule has 3 aromatic rings. The van der Waals surface area contributed by atoms with E-state index in [-0.39, 0.29) is 30.9 Å². The molecule has 2 unspecified atom stereocenters. The monoisotopic (exact) mass is 461 g/mol. The Morgan fingerprint density at radius 2 is 1.97 bits per heavy atom. The van der Waals surface area contributed by atoms with Gasteiger partial charge in [0.1, 0.15) is 23.6 Å². The first-order chi connectivity index (χ1) is 16.4. The summed E-state index contributed by atoms with van der Waals surface area (Å²) in [5, 5.41) is 19.9. The smallest absolute Gasteiger partial charge is 0.255 e. The third kappa shape index (κ3) is 4.03. The second-order valence-electron chi connectivity index (χ2n) is 8.39. The second-order valence-corrected chi connectivity index (χ2v) is 8.39. The van der Waals surface area contributed by atoms with E-state index in [1.54, 1.807) is 47.3 Å². The maximum Gasteiger partial charge on any atom is 0.255 e. The van der Waals surface area contributed by atoms with Crippen LogP contribution in [0.1, 0.15) is 53.0 Å². The lowest BCUT2D eigenvalue weighted by molar-refractivity contribution is -0.136. The first-order valence-corrected chi connectivity index (χ1v) is 11.0. The molecule has 174 valence electrons. The SMILES string of the molecule is CC(Oc1ccc(CO)cc1)c1cn(-c2ccc3c(c2)CN(C2CCC(=O)NC2=O)C3=O)nn1. The van der Waals surface area contributed by atoms with E-state index in [2.05, 4.69) is 15.6 Å². The Hall–Kier alpha value is -4.05. The van der Waals surface area contributed by atoms with Crippen LogP contribution in [0.3, 0.4) is 0 Å². The van der Waals surface area contributed by atoms with Gasteiger partial charge < -0.3 is 14.7 Å². The lowest BCUT2D eigenvalue weighted by Crippen LogP contribution is -2.52. The van der Waals surface area contributed by atoms with Crippen molar-refractivity contribution in [2.45, 2.75) is 45.1 Å². The average molecular weight is 461 g/mol. The van der Waals surface area contributed by atoms with Crippen molar-refractivity contribution in [2.24, 2.45) is 0 Å². The Labute approximate surface area is 195 Å². The molecule has 2 atom stereocenters. The molecule has 1 aromatic heterocycles. The number of hydrogen-bond donors (Lipinski definition) is 2. The van der Waals surface area contributed by atoms with Crippen LogP contribution < -0.4 is 10.1 Å². The predicted octanol–water partition coefficient (Wildman–Crippen LogP) is 1.66. The van der Waals surface area contributed by atoms with Crippen molar-refractivity contribution in [3.63, 3.8) is 0 Å². The second kappa shape index (κ2) is 8.71. The molecular formula is C24H23N5O5. The Morgan fingerprint density at radius 1 is 1.18 bits per heavy atom. The highest BCUT2D eigenvalue weighted by atomic mass is 16.5. The molecular weight excluding hydrogens is 438 g/mol. The molecule has 0 aliphatic carbocycles. The number of nitrogens with one attached hydrogen (secondary N) is 1. The quantitative estimate of drug-likeness (QED) is 0.535. The van der Waals surface area contributed by atoms with Crippen LogP contribution in [0.4, 0.5) is 0 Å². The highest BCUT2D eigenvalue weighted by Crippen LogP contribution is 2.29. The molecule has 0 spiro atoms. The largest absolute Gasteiger partial charge is 0.484 e. The van der Waals surface area contributed by atoms with Gasteiger partial charge in [0.25, 0.3) is 5.91 Å². The predicted molar refractivity (Wildman–Crippen MR) is 119 cm³/mol. The van der Waals surface area contributed by atoms with E-state index in [0.717, 1.165) is 16.8 Å². The molecule has 1 fully saturated rings. The number of amides is 3. The van der Waals surface area contributed by atoms with Gasteiger partial charge >= 0.3 is 0 Å². The number of imide groups is 1. The molecule has 2 aliphatic heterocycles. The number of fused-ring (bicyclic) bond motifs is 1. The summed E-state index contributed by atoms with van der Waals surface area (Å²) in [5.41, 5.74) is 3.49. The summed E-state index contributed by atoms with van der Waals surface area (Å²) >= 11 is 0. The van der Waals surface area contributed by atoms with Crippen LogP contribution in [0.25, 0.3) is 5.69 Å². The van der Waals surface area contributed by atoms with E-state index in [1.165, 1.54) is 4.90 Å². The van der Waals surface area contributed by atoms with Gasteiger partial charge in [0.15, 0.2) is 0 Å². The Bertz CT molecular complexity index is 1270. The molecule has 34 heavy (non-hydrogen) atoms. The number of rotatable bonds is 6. The molecule has 3 heterocycles. The van der Waals surface area contributed by atoms with Crippen molar-refractivity contribution in [1.82, 2.24) is 25.2 Å². The summed E-state index contributed by atoms with van der Waals surface area (Å²) in [6, 6.07) is 11.9. The Kier molecular flexibility index (Phi) is 5.58. The number of nitrogens with zero attached hydrogens (tertiary/aromatic N) is 4. The lowest BCUT2D eigenvalue weighted by atomic mass is 10.0. The van der Waals surface area contributed by atoms with Gasteiger partial charge in [-0.05, 0) is 54.8 Å². The van der Waals surface area contributed by atoms with E-state index in [9.17, 15) is 14.4 Å². The maximum atomic E-state index is 12.9. The molecule has 0 radical (unpaired) electrons. The van der Waals surface area contributed by atoms with Gasteiger partial charge in [0.2, 0.25) is 11.8 Å². The third-order valence-corrected chi connectivity index (χ3v) is 6.12. The van der Waals surface area contributed by atoms with E-state index in [0.29, 0.717) is 30.0 Å². The molecule has 10 nitrogen and oxygen atoms in total. The average Bonchev–Trinajstić information content (AvgIpc) is 3.45. The highest BCUT2D eigenvalue weighted by Gasteiger charge is 2.39. The Morgan fingerprint density at radius 3 is 2.71 bits per heavy atom. The fraction of sp³-hybridized carbons (Fsp3) is 0.292. The van der Waals surface area contributed by atoms with Crippen LogP contribution in [0.5, 0.6) is 5.75 Å². The van der Waals surface area contributed by atoms with Crippen LogP contribution >= 0.6 is 0 Å². The van der Waals surface area contributed by atoms with Gasteiger partial charge in [0, 0.05) is 18.5 Å². The normalized spacial score (nSPS) is 18.6. The molecule has 1 saturated heterocycles. The number of aliphatic hydroxyl groups is 1. The van der Waals surface area contributed by atoms with Gasteiger partial charge in [-0.1, -0.05) is 17.3 Å². The first-order valence-electron chi connectivity index (χ1n) is 11.0. The van der Waals surface area contributed by atoms with Crippen molar-refractivity contribution < 1.29 is 24.2 Å². The van der Waals surface area contributed by atoms with Crippen molar-refractivity contribution in [1.29, 1.82) is 0 Å². The first kappa shape index (κ1) is 21.8. The molecule has 5 rings (SSSR count). The summed E-state index contributed by atoms with van der Waals surface area (Å²) in [6.07, 6.45) is 1.95. The number of benzene rings is 2. The number of carbonyl (C=O) groups is 3. The van der Waals surface area contributed by atoms with Crippen molar-refractivity contribution in [2.75, 3.05) is 0 Å². The minimum atomic E-state index is -0.650. The van der Waals surface area contributed by atoms with Crippen LogP contribution in [0.2, 0.25) is 0 Å². The minimum Gasteiger partial charge on any atom is -0.484 e. The van der Waals surface area contributed by atoms with Gasteiger partial charge in [-0.25, -0.2) is 4.68 Å². The third-order valence-electron chi connectivity index (χ3n) is 6.12. The van der Waals surface area contributed by atoms with Crippen molar-refractivity contribution in [3.8, 4) is 11.4 Å². The maximum absolute atomic E-state index is 12.9. The fourth-order valence-corrected chi connectivity index (χ4v) is 4.23. The number of hydrogen-bond acceptors (Lipinski definition) is 7. The van der Waals surface area contributed by atoms with Gasteiger partial charge in [0.05, 0.1) is 18.5 Å². The highest BCUT2D eigenvalue weighted by molar-refractivity contribution is 6.05. The topological polar surface area (TPSA) is 127 Å². The van der Waals surface area contributed by atoms with Crippen LogP contribution in [-0.2, 0) is 22.7 Å². The van der Waals surface area contributed by atoms with E-state index >= 15 is 0 Å². The number of ether oxygens (including phenoxy) is 1. The van der Waals surface area contributed by atoms with Crippen molar-refractivity contribution >= 4 is 17.7 Å². The summed E-state index contributed by atoms with van der Waals surface area (Å²) < 4.78 is 7.54. The van der Waals surface area contributed by atoms with E-state index in [4.69, 9.17) is 9.84 Å². The fourth-order valence-electron chi connectivity index (χ4n) is 4.23. The lowest BCUT2D eigenvalue weighted by Gasteiger charge is -2.29. The minimum absolute atomic E-state index is 0.0260. The number of carbonyl (C=O) groups excluding carboxylic acids is 3. The molecule has 2 aliphatic rings. The number of aromatic nitrogens is 3. The molecule has 0 bridgehead atoms. The van der Waals surface area contributed by atoms with E-state index < -0.39 is 11.9 Å². The van der Waals surface area contributed by atoms with Crippen LogP contribution in [-0.4, -0.2) is 48.8 Å². The van der Waals surface area contributed by atoms with Gasteiger partial charge in [-0.15, -0.1) is 5.10 Å². The zero-order valence-corrected chi connectivity index (χ0v) is 18.5. The van der Waals surface area contributed by atoms with Gasteiger partial charge in [-0.3, -0.25) is 19.7 Å². The zero-order valence-electron chi connectivity index (χ0n) is 18.5. The standard InChI is InChI=1S/C24H23N5O5/c1-14(34-18-5-2-15(13-30)3-6-18)20-12-29(27-26-20)17-4-7-19-16(10-17)11-28(24(19)33)21-8-9-22(31)25-23(21)32/h2-7,10,12,14,21,30H,8-9,11,13H2,1H3,(H,25,31,32). The number of piperidine rings is 1. The summed E-state index contributed by atoms with van der Waals surface area (Å²) in [6.45, 7) is 2.13. The summed E-state index contributed by atoms with van der Waals surface area (Å²) in [5.74, 6) is -0.304. The Balaban J connectivity index is 1.31. The molecule has 2 aromatic carbocycles.